The molecule has 1 heterocycles. The molecule has 1 amide bonds. The minimum atomic E-state index is -4.38. The molecule has 0 saturated carbocycles. The Labute approximate surface area is 120 Å². The van der Waals surface area contributed by atoms with Crippen LogP contribution in [0.4, 0.5) is 13.2 Å². The summed E-state index contributed by atoms with van der Waals surface area (Å²) in [5.74, 6) is 5.00. The van der Waals surface area contributed by atoms with Gasteiger partial charge in [-0.3, -0.25) is 4.79 Å². The molecule has 1 aliphatic rings. The van der Waals surface area contributed by atoms with Crippen molar-refractivity contribution in [2.24, 2.45) is 0 Å². The fourth-order valence-electron chi connectivity index (χ4n) is 1.95. The van der Waals surface area contributed by atoms with E-state index in [0.717, 1.165) is 18.6 Å². The van der Waals surface area contributed by atoms with Gasteiger partial charge in [0.05, 0.1) is 12.1 Å². The molecule has 1 atom stereocenters. The fourth-order valence-corrected chi connectivity index (χ4v) is 1.95. The summed E-state index contributed by atoms with van der Waals surface area (Å²) in [6, 6.07) is 4.77. The summed E-state index contributed by atoms with van der Waals surface area (Å²) in [7, 11) is 0. The molecule has 6 heteroatoms. The number of halogens is 3. The van der Waals surface area contributed by atoms with E-state index < -0.39 is 17.8 Å². The van der Waals surface area contributed by atoms with Gasteiger partial charge in [-0.1, -0.05) is 17.9 Å². The van der Waals surface area contributed by atoms with E-state index in [2.05, 4.69) is 17.2 Å². The van der Waals surface area contributed by atoms with Gasteiger partial charge >= 0.3 is 6.18 Å². The van der Waals surface area contributed by atoms with Crippen molar-refractivity contribution in [1.29, 1.82) is 0 Å². The summed E-state index contributed by atoms with van der Waals surface area (Å²) < 4.78 is 42.7. The second kappa shape index (κ2) is 6.64. The number of ether oxygens (including phenoxy) is 1. The van der Waals surface area contributed by atoms with Crippen LogP contribution in [0.1, 0.15) is 24.0 Å². The number of carbonyl (C=O) groups is 1. The predicted octanol–water partition coefficient (Wildman–Crippen LogP) is 2.35. The highest BCUT2D eigenvalue weighted by molar-refractivity contribution is 5.81. The average Bonchev–Trinajstić information content (AvgIpc) is 2.97. The summed E-state index contributed by atoms with van der Waals surface area (Å²) in [5, 5.41) is 2.58. The molecular weight excluding hydrogens is 283 g/mol. The van der Waals surface area contributed by atoms with E-state index in [4.69, 9.17) is 4.74 Å². The smallest absolute Gasteiger partial charge is 0.368 e. The molecular formula is C15H14F3NO2. The number of carbonyl (C=O) groups excluding carboxylic acids is 1. The lowest BCUT2D eigenvalue weighted by Crippen LogP contribution is -2.34. The monoisotopic (exact) mass is 297 g/mol. The molecule has 112 valence electrons. The van der Waals surface area contributed by atoms with Gasteiger partial charge in [0.15, 0.2) is 0 Å². The van der Waals surface area contributed by atoms with Crippen molar-refractivity contribution in [2.45, 2.75) is 25.1 Å². The zero-order chi connectivity index (χ0) is 15.3. The van der Waals surface area contributed by atoms with Crippen molar-refractivity contribution in [1.82, 2.24) is 5.32 Å². The first-order valence-corrected chi connectivity index (χ1v) is 6.52. The first-order valence-electron chi connectivity index (χ1n) is 6.52. The summed E-state index contributed by atoms with van der Waals surface area (Å²) in [5.41, 5.74) is -0.478. The van der Waals surface area contributed by atoms with E-state index in [-0.39, 0.29) is 18.0 Å². The highest BCUT2D eigenvalue weighted by Crippen LogP contribution is 2.29. The third-order valence-electron chi connectivity index (χ3n) is 3.00. The van der Waals surface area contributed by atoms with Crippen LogP contribution in [0, 0.1) is 11.8 Å². The maximum atomic E-state index is 12.5. The minimum absolute atomic E-state index is 0.0783. The topological polar surface area (TPSA) is 38.3 Å². The Bertz CT molecular complexity index is 566. The maximum Gasteiger partial charge on any atom is 0.416 e. The molecule has 1 fully saturated rings. The van der Waals surface area contributed by atoms with Gasteiger partial charge in [-0.25, -0.2) is 0 Å². The van der Waals surface area contributed by atoms with E-state index >= 15 is 0 Å². The quantitative estimate of drug-likeness (QED) is 0.851. The Hall–Kier alpha value is -2.00. The van der Waals surface area contributed by atoms with Crippen LogP contribution in [0.15, 0.2) is 24.3 Å². The van der Waals surface area contributed by atoms with Crippen molar-refractivity contribution < 1.29 is 22.7 Å². The second-order valence-electron chi connectivity index (χ2n) is 4.60. The van der Waals surface area contributed by atoms with E-state index in [1.165, 1.54) is 12.1 Å². The molecule has 0 unspecified atom stereocenters. The van der Waals surface area contributed by atoms with Gasteiger partial charge in [0.1, 0.15) is 6.10 Å². The Morgan fingerprint density at radius 3 is 2.90 bits per heavy atom. The summed E-state index contributed by atoms with van der Waals surface area (Å²) >= 11 is 0. The van der Waals surface area contributed by atoms with Crippen LogP contribution in [-0.2, 0) is 15.7 Å². The number of hydrogen-bond donors (Lipinski definition) is 1. The van der Waals surface area contributed by atoms with Crippen molar-refractivity contribution >= 4 is 5.91 Å². The van der Waals surface area contributed by atoms with Crippen LogP contribution in [0.2, 0.25) is 0 Å². The molecule has 0 aromatic heterocycles. The van der Waals surface area contributed by atoms with E-state index in [1.807, 2.05) is 0 Å². The maximum absolute atomic E-state index is 12.5. The molecule has 3 nitrogen and oxygen atoms in total. The van der Waals surface area contributed by atoms with Crippen LogP contribution in [0.25, 0.3) is 0 Å². The normalized spacial score (nSPS) is 18.0. The van der Waals surface area contributed by atoms with Crippen molar-refractivity contribution in [2.75, 3.05) is 13.2 Å². The van der Waals surface area contributed by atoms with E-state index in [0.29, 0.717) is 13.0 Å². The highest BCUT2D eigenvalue weighted by Gasteiger charge is 2.30. The molecule has 0 bridgehead atoms. The zero-order valence-corrected chi connectivity index (χ0v) is 11.2. The lowest BCUT2D eigenvalue weighted by atomic mass is 10.1. The molecule has 2 rings (SSSR count). The largest absolute Gasteiger partial charge is 0.416 e. The first-order chi connectivity index (χ1) is 9.97. The molecule has 0 aliphatic carbocycles. The highest BCUT2D eigenvalue weighted by atomic mass is 19.4. The number of rotatable bonds is 2. The van der Waals surface area contributed by atoms with Gasteiger partial charge in [0.25, 0.3) is 0 Å². The number of alkyl halides is 3. The van der Waals surface area contributed by atoms with Crippen LogP contribution in [0.3, 0.4) is 0 Å². The summed E-state index contributed by atoms with van der Waals surface area (Å²) in [4.78, 5) is 11.6. The lowest BCUT2D eigenvalue weighted by Gasteiger charge is -2.07. The molecule has 0 radical (unpaired) electrons. The zero-order valence-electron chi connectivity index (χ0n) is 11.2. The number of amides is 1. The predicted molar refractivity (Wildman–Crippen MR) is 70.3 cm³/mol. The van der Waals surface area contributed by atoms with Crippen molar-refractivity contribution in [3.63, 3.8) is 0 Å². The van der Waals surface area contributed by atoms with Gasteiger partial charge in [0, 0.05) is 12.2 Å². The first kappa shape index (κ1) is 15.4. The molecule has 1 aromatic carbocycles. The SMILES string of the molecule is O=C(NCC#Cc1cccc(C(F)(F)F)c1)[C@H]1CCCO1. The van der Waals surface area contributed by atoms with Gasteiger partial charge < -0.3 is 10.1 Å². The van der Waals surface area contributed by atoms with E-state index in [1.54, 1.807) is 0 Å². The number of hydrogen-bond acceptors (Lipinski definition) is 2. The van der Waals surface area contributed by atoms with Crippen molar-refractivity contribution in [3.8, 4) is 11.8 Å². The van der Waals surface area contributed by atoms with Crippen LogP contribution < -0.4 is 5.32 Å². The lowest BCUT2D eigenvalue weighted by molar-refractivity contribution is -0.137. The molecule has 21 heavy (non-hydrogen) atoms. The summed E-state index contributed by atoms with van der Waals surface area (Å²) in [6.07, 6.45) is -3.27. The van der Waals surface area contributed by atoms with E-state index in [9.17, 15) is 18.0 Å². The van der Waals surface area contributed by atoms with Gasteiger partial charge in [0.2, 0.25) is 5.91 Å². The average molecular weight is 297 g/mol. The van der Waals surface area contributed by atoms with Crippen LogP contribution in [0.5, 0.6) is 0 Å². The number of benzene rings is 1. The third kappa shape index (κ3) is 4.50. The van der Waals surface area contributed by atoms with Gasteiger partial charge in [-0.2, -0.15) is 13.2 Å². The second-order valence-corrected chi connectivity index (χ2v) is 4.60. The fraction of sp³-hybridized carbons (Fsp3) is 0.400. The third-order valence-corrected chi connectivity index (χ3v) is 3.00. The molecule has 1 N–H and O–H groups in total. The number of nitrogens with one attached hydrogen (secondary N) is 1. The minimum Gasteiger partial charge on any atom is -0.368 e. The van der Waals surface area contributed by atoms with Crippen LogP contribution >= 0.6 is 0 Å². The molecule has 1 aromatic rings. The molecule has 1 aliphatic heterocycles. The Kier molecular flexibility index (Phi) is 4.86. The van der Waals surface area contributed by atoms with Crippen molar-refractivity contribution in [3.05, 3.63) is 35.4 Å². The van der Waals surface area contributed by atoms with Gasteiger partial charge in [-0.15, -0.1) is 0 Å². The van der Waals surface area contributed by atoms with Gasteiger partial charge in [-0.05, 0) is 31.0 Å². The Balaban J connectivity index is 1.89. The molecule has 1 saturated heterocycles. The standard InChI is InChI=1S/C15H14F3NO2/c16-15(17,18)12-6-1-4-11(10-12)5-2-8-19-14(20)13-7-3-9-21-13/h1,4,6,10,13H,3,7-9H2,(H,19,20)/t13-/m1/s1. The summed E-state index contributed by atoms with van der Waals surface area (Å²) in [6.45, 7) is 0.656. The Morgan fingerprint density at radius 1 is 1.43 bits per heavy atom. The van der Waals surface area contributed by atoms with Crippen LogP contribution in [-0.4, -0.2) is 25.2 Å². The Morgan fingerprint density at radius 2 is 2.24 bits per heavy atom. The molecule has 0 spiro atoms.